The maximum atomic E-state index is 5.01. The molecule has 0 saturated carbocycles. The van der Waals surface area contributed by atoms with Crippen LogP contribution in [0.5, 0.6) is 0 Å². The molecular formula is C29H48N2. The number of nitrogens with zero attached hydrogens (tertiary/aromatic N) is 2. The minimum atomic E-state index is 0.502. The molecule has 0 aliphatic heterocycles. The first kappa shape index (κ1) is 25.7. The van der Waals surface area contributed by atoms with Gasteiger partial charge in [0, 0.05) is 18.7 Å². The van der Waals surface area contributed by atoms with Gasteiger partial charge in [-0.1, -0.05) is 108 Å². The number of aryl methyl sites for hydroxylation is 3. The van der Waals surface area contributed by atoms with Gasteiger partial charge in [0.2, 0.25) is 0 Å². The molecule has 0 bridgehead atoms. The lowest BCUT2D eigenvalue weighted by molar-refractivity contribution is 0.530. The third kappa shape index (κ3) is 11.0. The highest BCUT2D eigenvalue weighted by Gasteiger charge is 2.10. The number of benzene rings is 1. The van der Waals surface area contributed by atoms with Gasteiger partial charge in [-0.3, -0.25) is 0 Å². The standard InChI is InChI=1S/C29H48N2/c1-4-5-6-7-8-9-10-11-12-13-14-18-24-29-30-28(25-31(29)26(2)3)23-19-22-27-20-16-15-17-21-27/h15-17,20-21,25-26H,4-14,18-19,22-24H2,1-3H3. The van der Waals surface area contributed by atoms with Crippen molar-refractivity contribution >= 4 is 0 Å². The van der Waals surface area contributed by atoms with Gasteiger partial charge in [0.25, 0.3) is 0 Å². The Kier molecular flexibility index (Phi) is 13.4. The molecular weight excluding hydrogens is 376 g/mol. The van der Waals surface area contributed by atoms with Crippen molar-refractivity contribution in [3.8, 4) is 0 Å². The van der Waals surface area contributed by atoms with Gasteiger partial charge >= 0.3 is 0 Å². The summed E-state index contributed by atoms with van der Waals surface area (Å²) in [4.78, 5) is 5.01. The molecule has 0 unspecified atom stereocenters. The fourth-order valence-corrected chi connectivity index (χ4v) is 4.48. The predicted octanol–water partition coefficient (Wildman–Crippen LogP) is 8.88. The summed E-state index contributed by atoms with van der Waals surface area (Å²) >= 11 is 0. The molecule has 0 fully saturated rings. The summed E-state index contributed by atoms with van der Waals surface area (Å²) in [5, 5.41) is 0. The van der Waals surface area contributed by atoms with E-state index >= 15 is 0 Å². The largest absolute Gasteiger partial charge is 0.332 e. The molecule has 0 aliphatic rings. The van der Waals surface area contributed by atoms with E-state index in [2.05, 4.69) is 61.9 Å². The summed E-state index contributed by atoms with van der Waals surface area (Å²) in [6, 6.07) is 11.3. The van der Waals surface area contributed by atoms with Gasteiger partial charge in [0.05, 0.1) is 5.69 Å². The van der Waals surface area contributed by atoms with Crippen LogP contribution in [0.2, 0.25) is 0 Å². The number of imidazole rings is 1. The molecule has 0 saturated heterocycles. The van der Waals surface area contributed by atoms with Gasteiger partial charge in [-0.2, -0.15) is 0 Å². The highest BCUT2D eigenvalue weighted by atomic mass is 15.1. The van der Waals surface area contributed by atoms with Crippen LogP contribution in [0.25, 0.3) is 0 Å². The van der Waals surface area contributed by atoms with Crippen LogP contribution >= 0.6 is 0 Å². The van der Waals surface area contributed by atoms with Crippen molar-refractivity contribution in [2.45, 2.75) is 130 Å². The number of hydrogen-bond donors (Lipinski definition) is 0. The molecule has 2 rings (SSSR count). The van der Waals surface area contributed by atoms with E-state index in [1.807, 2.05) is 0 Å². The van der Waals surface area contributed by atoms with Gasteiger partial charge in [-0.15, -0.1) is 0 Å². The van der Waals surface area contributed by atoms with Gasteiger partial charge in [0.1, 0.15) is 5.82 Å². The molecule has 1 heterocycles. The average Bonchev–Trinajstić information content (AvgIpc) is 3.18. The summed E-state index contributed by atoms with van der Waals surface area (Å²) < 4.78 is 2.41. The maximum Gasteiger partial charge on any atom is 0.109 e. The summed E-state index contributed by atoms with van der Waals surface area (Å²) in [5.41, 5.74) is 2.71. The molecule has 0 radical (unpaired) electrons. The lowest BCUT2D eigenvalue weighted by Gasteiger charge is -2.11. The molecule has 0 spiro atoms. The lowest BCUT2D eigenvalue weighted by atomic mass is 10.0. The van der Waals surface area contributed by atoms with Crippen LogP contribution in [0.15, 0.2) is 36.5 Å². The fourth-order valence-electron chi connectivity index (χ4n) is 4.48. The molecule has 0 amide bonds. The molecule has 2 heteroatoms. The number of aromatic nitrogens is 2. The zero-order valence-corrected chi connectivity index (χ0v) is 20.7. The molecule has 0 N–H and O–H groups in total. The summed E-state index contributed by atoms with van der Waals surface area (Å²) in [7, 11) is 0. The van der Waals surface area contributed by atoms with Gasteiger partial charge in [0.15, 0.2) is 0 Å². The molecule has 0 atom stereocenters. The quantitative estimate of drug-likeness (QED) is 0.218. The molecule has 0 aliphatic carbocycles. The van der Waals surface area contributed by atoms with Crippen molar-refractivity contribution in [1.29, 1.82) is 0 Å². The van der Waals surface area contributed by atoms with Gasteiger partial charge in [-0.05, 0) is 45.1 Å². The molecule has 2 nitrogen and oxygen atoms in total. The Balaban J connectivity index is 1.59. The Morgan fingerprint density at radius 1 is 0.677 bits per heavy atom. The summed E-state index contributed by atoms with van der Waals surface area (Å²) in [6.07, 6.45) is 23.7. The molecule has 31 heavy (non-hydrogen) atoms. The summed E-state index contributed by atoms with van der Waals surface area (Å²) in [5.74, 6) is 1.30. The SMILES string of the molecule is CCCCCCCCCCCCCCc1nc(CCCc2ccccc2)cn1C(C)C. The first-order chi connectivity index (χ1) is 15.2. The first-order valence-electron chi connectivity index (χ1n) is 13.3. The van der Waals surface area contributed by atoms with Gasteiger partial charge < -0.3 is 4.57 Å². The lowest BCUT2D eigenvalue weighted by Crippen LogP contribution is -2.05. The Morgan fingerprint density at radius 2 is 1.26 bits per heavy atom. The molecule has 1 aromatic carbocycles. The van der Waals surface area contributed by atoms with E-state index in [9.17, 15) is 0 Å². The smallest absolute Gasteiger partial charge is 0.109 e. The first-order valence-corrected chi connectivity index (χ1v) is 13.3. The second-order valence-electron chi connectivity index (χ2n) is 9.63. The van der Waals surface area contributed by atoms with Crippen LogP contribution in [0, 0.1) is 0 Å². The van der Waals surface area contributed by atoms with E-state index in [4.69, 9.17) is 4.98 Å². The van der Waals surface area contributed by atoms with E-state index < -0.39 is 0 Å². The molecule has 1 aromatic heterocycles. The van der Waals surface area contributed by atoms with E-state index in [-0.39, 0.29) is 0 Å². The van der Waals surface area contributed by atoms with Crippen LogP contribution < -0.4 is 0 Å². The Morgan fingerprint density at radius 3 is 1.84 bits per heavy atom. The Hall–Kier alpha value is -1.57. The zero-order chi connectivity index (χ0) is 22.2. The molecule has 2 aromatic rings. The van der Waals surface area contributed by atoms with Crippen molar-refractivity contribution in [3.63, 3.8) is 0 Å². The fraction of sp³-hybridized carbons (Fsp3) is 0.690. The minimum Gasteiger partial charge on any atom is -0.332 e. The van der Waals surface area contributed by atoms with Gasteiger partial charge in [-0.25, -0.2) is 4.98 Å². The zero-order valence-electron chi connectivity index (χ0n) is 20.7. The average molecular weight is 425 g/mol. The normalized spacial score (nSPS) is 11.5. The molecule has 174 valence electrons. The van der Waals surface area contributed by atoms with Crippen LogP contribution in [0.4, 0.5) is 0 Å². The summed E-state index contributed by atoms with van der Waals surface area (Å²) in [6.45, 7) is 6.85. The van der Waals surface area contributed by atoms with Crippen LogP contribution in [0.1, 0.15) is 127 Å². The predicted molar refractivity (Wildman–Crippen MR) is 136 cm³/mol. The number of rotatable bonds is 18. The number of unbranched alkanes of at least 4 members (excludes halogenated alkanes) is 11. The monoisotopic (exact) mass is 424 g/mol. The van der Waals surface area contributed by atoms with E-state index in [0.717, 1.165) is 19.3 Å². The maximum absolute atomic E-state index is 5.01. The van der Waals surface area contributed by atoms with Crippen molar-refractivity contribution < 1.29 is 0 Å². The van der Waals surface area contributed by atoms with Crippen molar-refractivity contribution in [1.82, 2.24) is 9.55 Å². The minimum absolute atomic E-state index is 0.502. The van der Waals surface area contributed by atoms with E-state index in [1.165, 1.54) is 101 Å². The topological polar surface area (TPSA) is 17.8 Å². The highest BCUT2D eigenvalue weighted by Crippen LogP contribution is 2.17. The third-order valence-electron chi connectivity index (χ3n) is 6.41. The van der Waals surface area contributed by atoms with E-state index in [0.29, 0.717) is 6.04 Å². The van der Waals surface area contributed by atoms with Crippen LogP contribution in [-0.4, -0.2) is 9.55 Å². The highest BCUT2D eigenvalue weighted by molar-refractivity contribution is 5.15. The second kappa shape index (κ2) is 16.1. The Labute approximate surface area is 192 Å². The van der Waals surface area contributed by atoms with Crippen LogP contribution in [0.3, 0.4) is 0 Å². The van der Waals surface area contributed by atoms with E-state index in [1.54, 1.807) is 0 Å². The second-order valence-corrected chi connectivity index (χ2v) is 9.63. The van der Waals surface area contributed by atoms with Crippen molar-refractivity contribution in [2.24, 2.45) is 0 Å². The Bertz CT molecular complexity index is 671. The van der Waals surface area contributed by atoms with Crippen LogP contribution in [-0.2, 0) is 19.3 Å². The van der Waals surface area contributed by atoms with Crippen molar-refractivity contribution in [2.75, 3.05) is 0 Å². The number of hydrogen-bond acceptors (Lipinski definition) is 1. The third-order valence-corrected chi connectivity index (χ3v) is 6.41. The van der Waals surface area contributed by atoms with Crippen molar-refractivity contribution in [3.05, 3.63) is 53.6 Å².